The Morgan fingerprint density at radius 1 is 1.22 bits per heavy atom. The maximum Gasteiger partial charge on any atom is 0.255 e. The molecule has 0 N–H and O–H groups in total. The van der Waals surface area contributed by atoms with Gasteiger partial charge < -0.3 is 4.90 Å². The van der Waals surface area contributed by atoms with Crippen LogP contribution in [0.25, 0.3) is 21.3 Å². The molecule has 0 fully saturated rings. The van der Waals surface area contributed by atoms with E-state index in [0.29, 0.717) is 0 Å². The molecule has 142 valence electrons. The molecule has 0 bridgehead atoms. The fourth-order valence-corrected chi connectivity index (χ4v) is 5.40. The van der Waals surface area contributed by atoms with Crippen LogP contribution >= 0.6 is 23.7 Å². The molecule has 2 heterocycles. The molecule has 3 nitrogen and oxygen atoms in total. The van der Waals surface area contributed by atoms with Gasteiger partial charge in [-0.05, 0) is 43.2 Å². The Hall–Kier alpha value is -1.91. The van der Waals surface area contributed by atoms with Gasteiger partial charge in [-0.1, -0.05) is 37.3 Å². The average molecular weight is 401 g/mol. The summed E-state index contributed by atoms with van der Waals surface area (Å²) in [5.74, 6) is 0.750. The molecule has 3 aromatic rings. The molecule has 1 aliphatic rings. The van der Waals surface area contributed by atoms with Crippen LogP contribution in [0.4, 0.5) is 0 Å². The highest BCUT2D eigenvalue weighted by Crippen LogP contribution is 2.44. The fourth-order valence-electron chi connectivity index (χ4n) is 3.97. The zero-order chi connectivity index (χ0) is 18.4. The fraction of sp³-hybridized carbons (Fsp3) is 0.364. The Morgan fingerprint density at radius 3 is 2.59 bits per heavy atom. The van der Waals surface area contributed by atoms with Gasteiger partial charge in [-0.2, -0.15) is 0 Å². The molecule has 0 radical (unpaired) electrons. The third kappa shape index (κ3) is 3.37. The number of hydrogen-bond donors (Lipinski definition) is 0. The van der Waals surface area contributed by atoms with E-state index in [0.717, 1.165) is 46.0 Å². The van der Waals surface area contributed by atoms with Crippen molar-refractivity contribution in [1.29, 1.82) is 0 Å². The van der Waals surface area contributed by atoms with Crippen LogP contribution in [-0.4, -0.2) is 29.9 Å². The number of carbonyl (C=O) groups is 1. The van der Waals surface area contributed by atoms with Gasteiger partial charge >= 0.3 is 0 Å². The van der Waals surface area contributed by atoms with Gasteiger partial charge in [0.05, 0.1) is 11.3 Å². The molecular weight excluding hydrogens is 376 g/mol. The second-order valence-corrected chi connectivity index (χ2v) is 8.63. The average Bonchev–Trinajstić information content (AvgIpc) is 2.97. The lowest BCUT2D eigenvalue weighted by molar-refractivity contribution is 0.0827. The highest BCUT2D eigenvalue weighted by atomic mass is 35.5. The van der Waals surface area contributed by atoms with E-state index in [9.17, 15) is 4.79 Å². The van der Waals surface area contributed by atoms with E-state index in [1.165, 1.54) is 22.2 Å². The lowest BCUT2D eigenvalue weighted by atomic mass is 9.86. The van der Waals surface area contributed by atoms with E-state index >= 15 is 0 Å². The van der Waals surface area contributed by atoms with E-state index in [1.54, 1.807) is 4.90 Å². The molecule has 1 amide bonds. The number of hydrogen-bond acceptors (Lipinski definition) is 3. The molecule has 4 rings (SSSR count). The Kier molecular flexibility index (Phi) is 5.59. The molecule has 2 aromatic heterocycles. The first kappa shape index (κ1) is 19.8. The molecule has 0 aliphatic heterocycles. The van der Waals surface area contributed by atoms with Crippen molar-refractivity contribution in [2.75, 3.05) is 14.1 Å². The van der Waals surface area contributed by atoms with Crippen molar-refractivity contribution in [3.63, 3.8) is 0 Å². The van der Waals surface area contributed by atoms with Crippen molar-refractivity contribution in [3.05, 3.63) is 52.0 Å². The summed E-state index contributed by atoms with van der Waals surface area (Å²) in [6.07, 6.45) is 3.41. The second kappa shape index (κ2) is 7.61. The highest BCUT2D eigenvalue weighted by Gasteiger charge is 2.28. The summed E-state index contributed by atoms with van der Waals surface area (Å²) in [5.41, 5.74) is 5.16. The van der Waals surface area contributed by atoms with Gasteiger partial charge in [-0.15, -0.1) is 23.7 Å². The van der Waals surface area contributed by atoms with Crippen molar-refractivity contribution < 1.29 is 4.79 Å². The van der Waals surface area contributed by atoms with Gasteiger partial charge in [-0.3, -0.25) is 4.79 Å². The first-order chi connectivity index (χ1) is 12.5. The van der Waals surface area contributed by atoms with Gasteiger partial charge in [0.1, 0.15) is 4.83 Å². The Balaban J connectivity index is 0.00000210. The number of fused-ring (bicyclic) bond motifs is 3. The Bertz CT molecular complexity index is 995. The molecule has 5 heteroatoms. The van der Waals surface area contributed by atoms with Gasteiger partial charge in [0.25, 0.3) is 5.91 Å². The van der Waals surface area contributed by atoms with Crippen molar-refractivity contribution in [1.82, 2.24) is 9.88 Å². The number of carbonyl (C=O) groups excluding carboxylic acids is 1. The quantitative estimate of drug-likeness (QED) is 0.567. The summed E-state index contributed by atoms with van der Waals surface area (Å²) in [6.45, 7) is 4.29. The van der Waals surface area contributed by atoms with Gasteiger partial charge in [-0.25, -0.2) is 4.98 Å². The first-order valence-corrected chi connectivity index (χ1v) is 10.0. The minimum atomic E-state index is 0. The summed E-state index contributed by atoms with van der Waals surface area (Å²) in [6, 6.07) is 10.3. The van der Waals surface area contributed by atoms with E-state index in [-0.39, 0.29) is 18.3 Å². The summed E-state index contributed by atoms with van der Waals surface area (Å²) in [5, 5.41) is 1.21. The van der Waals surface area contributed by atoms with Gasteiger partial charge in [0, 0.05) is 29.9 Å². The number of benzene rings is 1. The third-order valence-electron chi connectivity index (χ3n) is 5.31. The topological polar surface area (TPSA) is 33.2 Å². The summed E-state index contributed by atoms with van der Waals surface area (Å²) in [4.78, 5) is 22.1. The van der Waals surface area contributed by atoms with E-state index in [1.807, 2.05) is 50.6 Å². The van der Waals surface area contributed by atoms with Crippen LogP contribution < -0.4 is 0 Å². The van der Waals surface area contributed by atoms with Crippen molar-refractivity contribution >= 4 is 39.9 Å². The minimum absolute atomic E-state index is 0. The van der Waals surface area contributed by atoms with Crippen LogP contribution in [-0.2, 0) is 12.8 Å². The number of nitrogens with zero attached hydrogens (tertiary/aromatic N) is 2. The van der Waals surface area contributed by atoms with Crippen molar-refractivity contribution in [2.45, 2.75) is 33.1 Å². The van der Waals surface area contributed by atoms with Crippen LogP contribution in [0, 0.1) is 12.8 Å². The summed E-state index contributed by atoms with van der Waals surface area (Å²) < 4.78 is 0. The van der Waals surface area contributed by atoms with Gasteiger partial charge in [0.2, 0.25) is 0 Å². The van der Waals surface area contributed by atoms with E-state index < -0.39 is 0 Å². The Morgan fingerprint density at radius 2 is 1.93 bits per heavy atom. The number of rotatable bonds is 2. The third-order valence-corrected chi connectivity index (χ3v) is 6.45. The molecule has 1 aromatic carbocycles. The highest BCUT2D eigenvalue weighted by molar-refractivity contribution is 7.19. The smallest absolute Gasteiger partial charge is 0.255 e. The van der Waals surface area contributed by atoms with Crippen LogP contribution in [0.5, 0.6) is 0 Å². The molecule has 1 aliphatic carbocycles. The molecule has 0 saturated carbocycles. The van der Waals surface area contributed by atoms with Crippen LogP contribution in [0.15, 0.2) is 30.3 Å². The molecule has 1 atom stereocenters. The van der Waals surface area contributed by atoms with E-state index in [2.05, 4.69) is 19.1 Å². The molecular formula is C22H25ClN2OS. The zero-order valence-electron chi connectivity index (χ0n) is 16.2. The number of halogens is 1. The lowest BCUT2D eigenvalue weighted by Crippen LogP contribution is -2.24. The SMILES string of the molecule is Cc1nc2sc3c(c2c(-c2ccccc2)c1C(=O)N(C)C)CCC(C)C3.Cl. The molecule has 27 heavy (non-hydrogen) atoms. The van der Waals surface area contributed by atoms with Crippen LogP contribution in [0.3, 0.4) is 0 Å². The van der Waals surface area contributed by atoms with Gasteiger partial charge in [0.15, 0.2) is 0 Å². The summed E-state index contributed by atoms with van der Waals surface area (Å²) >= 11 is 1.82. The number of aryl methyl sites for hydroxylation is 2. The zero-order valence-corrected chi connectivity index (χ0v) is 17.8. The lowest BCUT2D eigenvalue weighted by Gasteiger charge is -2.20. The standard InChI is InChI=1S/C22H24N2OS.ClH/c1-13-10-11-16-17(12-13)26-21-20(16)19(15-8-6-5-7-9-15)18(14(2)23-21)22(25)24(3)4;/h5-9,13H,10-12H2,1-4H3;1H. The Labute approximate surface area is 170 Å². The molecule has 1 unspecified atom stereocenters. The number of amides is 1. The second-order valence-electron chi connectivity index (χ2n) is 7.54. The van der Waals surface area contributed by atoms with E-state index in [4.69, 9.17) is 4.98 Å². The number of aromatic nitrogens is 1. The number of thiophene rings is 1. The normalized spacial score (nSPS) is 15.9. The van der Waals surface area contributed by atoms with Crippen LogP contribution in [0.1, 0.15) is 39.8 Å². The number of pyridine rings is 1. The molecule has 0 saturated heterocycles. The predicted octanol–water partition coefficient (Wildman–Crippen LogP) is 5.52. The maximum atomic E-state index is 13.0. The monoisotopic (exact) mass is 400 g/mol. The van der Waals surface area contributed by atoms with Crippen molar-refractivity contribution in [3.8, 4) is 11.1 Å². The van der Waals surface area contributed by atoms with Crippen LogP contribution in [0.2, 0.25) is 0 Å². The largest absolute Gasteiger partial charge is 0.345 e. The van der Waals surface area contributed by atoms with Crippen molar-refractivity contribution in [2.24, 2.45) is 5.92 Å². The predicted molar refractivity (Wildman–Crippen MR) is 116 cm³/mol. The maximum absolute atomic E-state index is 13.0. The molecule has 0 spiro atoms. The first-order valence-electron chi connectivity index (χ1n) is 9.19. The minimum Gasteiger partial charge on any atom is -0.345 e. The summed E-state index contributed by atoms with van der Waals surface area (Å²) in [7, 11) is 3.62.